The first-order valence-corrected chi connectivity index (χ1v) is 12.6. The van der Waals surface area contributed by atoms with Crippen LogP contribution in [0.2, 0.25) is 0 Å². The molecule has 0 bridgehead atoms. The second-order valence-corrected chi connectivity index (χ2v) is 9.01. The fourth-order valence-electron chi connectivity index (χ4n) is 4.47. The van der Waals surface area contributed by atoms with Crippen molar-refractivity contribution in [3.8, 4) is 11.5 Å². The van der Waals surface area contributed by atoms with Gasteiger partial charge in [-0.2, -0.15) is 5.10 Å². The molecule has 2 aromatic carbocycles. The van der Waals surface area contributed by atoms with E-state index in [2.05, 4.69) is 17.2 Å². The van der Waals surface area contributed by atoms with E-state index >= 15 is 0 Å². The van der Waals surface area contributed by atoms with Crippen LogP contribution in [-0.4, -0.2) is 41.7 Å². The third kappa shape index (κ3) is 7.59. The first-order valence-electron chi connectivity index (χ1n) is 12.6. The molecule has 0 aliphatic carbocycles. The molecule has 3 aromatic rings. The van der Waals surface area contributed by atoms with Crippen LogP contribution in [0.15, 0.2) is 54.9 Å². The van der Waals surface area contributed by atoms with Crippen molar-refractivity contribution in [1.29, 1.82) is 0 Å². The Morgan fingerprint density at radius 1 is 1.06 bits per heavy atom. The van der Waals surface area contributed by atoms with Crippen LogP contribution in [0.3, 0.4) is 0 Å². The smallest absolute Gasteiger partial charge is 0.306 e. The Balaban J connectivity index is 1.76. The highest BCUT2D eigenvalue weighted by Gasteiger charge is 2.24. The lowest BCUT2D eigenvalue weighted by Crippen LogP contribution is -2.20. The predicted molar refractivity (Wildman–Crippen MR) is 139 cm³/mol. The molecule has 1 aromatic heterocycles. The molecular formula is C29H38N2O5. The van der Waals surface area contributed by atoms with Gasteiger partial charge in [0.1, 0.15) is 11.5 Å². The molecule has 0 spiro atoms. The Hall–Kier alpha value is -3.32. The highest BCUT2D eigenvalue weighted by molar-refractivity contribution is 5.69. The molecule has 0 saturated carbocycles. The van der Waals surface area contributed by atoms with Crippen molar-refractivity contribution >= 4 is 5.97 Å². The highest BCUT2D eigenvalue weighted by Crippen LogP contribution is 2.36. The number of methoxy groups -OCH3 is 2. The van der Waals surface area contributed by atoms with Gasteiger partial charge in [0.2, 0.25) is 0 Å². The molecular weight excluding hydrogens is 456 g/mol. The van der Waals surface area contributed by atoms with E-state index in [4.69, 9.17) is 14.2 Å². The standard InChI is InChI=1S/C29H38N2O5/c1-5-36-28(32)15-14-23-18-30-31(19-23)20-24(13-9-12-22-10-7-6-8-11-22)29(33)25-16-26(34-3)21(2)27(17-25)35-4/h6-8,10-11,16-19,24,29,33H,5,9,12-15,20H2,1-4H3/t24-,29?/m1/s1. The minimum Gasteiger partial charge on any atom is -0.496 e. The zero-order chi connectivity index (χ0) is 25.9. The van der Waals surface area contributed by atoms with E-state index in [1.807, 2.05) is 48.1 Å². The summed E-state index contributed by atoms with van der Waals surface area (Å²) in [6.45, 7) is 4.67. The molecule has 0 aliphatic rings. The molecule has 36 heavy (non-hydrogen) atoms. The summed E-state index contributed by atoms with van der Waals surface area (Å²) in [5.41, 5.74) is 3.91. The Labute approximate surface area is 214 Å². The first-order chi connectivity index (χ1) is 17.4. The first kappa shape index (κ1) is 27.3. The van der Waals surface area contributed by atoms with Crippen LogP contribution in [0.4, 0.5) is 0 Å². The average molecular weight is 495 g/mol. The van der Waals surface area contributed by atoms with Gasteiger partial charge in [0.15, 0.2) is 0 Å². The fraction of sp³-hybridized carbons (Fsp3) is 0.448. The Morgan fingerprint density at radius 2 is 1.75 bits per heavy atom. The number of rotatable bonds is 14. The monoisotopic (exact) mass is 494 g/mol. The fourth-order valence-corrected chi connectivity index (χ4v) is 4.47. The zero-order valence-electron chi connectivity index (χ0n) is 21.8. The minimum absolute atomic E-state index is 0.0800. The van der Waals surface area contributed by atoms with Crippen molar-refractivity contribution < 1.29 is 24.1 Å². The largest absolute Gasteiger partial charge is 0.496 e. The van der Waals surface area contributed by atoms with E-state index in [0.717, 1.165) is 36.0 Å². The van der Waals surface area contributed by atoms with Crippen molar-refractivity contribution in [1.82, 2.24) is 9.78 Å². The molecule has 0 radical (unpaired) electrons. The minimum atomic E-state index is -0.726. The number of carbonyl (C=O) groups is 1. The van der Waals surface area contributed by atoms with Crippen molar-refractivity contribution in [2.45, 2.75) is 58.6 Å². The van der Waals surface area contributed by atoms with Crippen molar-refractivity contribution in [3.05, 3.63) is 77.1 Å². The van der Waals surface area contributed by atoms with Crippen molar-refractivity contribution in [2.24, 2.45) is 5.92 Å². The van der Waals surface area contributed by atoms with Crippen LogP contribution >= 0.6 is 0 Å². The number of carbonyl (C=O) groups excluding carboxylic acids is 1. The Kier molecular flexibility index (Phi) is 10.4. The number of hydrogen-bond acceptors (Lipinski definition) is 6. The molecule has 1 unspecified atom stereocenters. The summed E-state index contributed by atoms with van der Waals surface area (Å²) in [7, 11) is 3.24. The number of aliphatic hydroxyl groups is 1. The Morgan fingerprint density at radius 3 is 2.39 bits per heavy atom. The van der Waals surface area contributed by atoms with Gasteiger partial charge in [-0.1, -0.05) is 30.3 Å². The number of ether oxygens (including phenoxy) is 3. The van der Waals surface area contributed by atoms with E-state index in [1.165, 1.54) is 5.56 Å². The number of nitrogens with zero attached hydrogens (tertiary/aromatic N) is 2. The van der Waals surface area contributed by atoms with E-state index in [9.17, 15) is 9.90 Å². The molecule has 1 heterocycles. The summed E-state index contributed by atoms with van der Waals surface area (Å²) in [6, 6.07) is 14.2. The summed E-state index contributed by atoms with van der Waals surface area (Å²) in [5, 5.41) is 16.0. The van der Waals surface area contributed by atoms with Crippen molar-refractivity contribution in [3.63, 3.8) is 0 Å². The summed E-state index contributed by atoms with van der Waals surface area (Å²) in [4.78, 5) is 11.7. The number of hydrogen-bond donors (Lipinski definition) is 1. The lowest BCUT2D eigenvalue weighted by atomic mass is 9.89. The molecule has 0 amide bonds. The molecule has 7 heteroatoms. The molecule has 0 aliphatic heterocycles. The molecule has 2 atom stereocenters. The second-order valence-electron chi connectivity index (χ2n) is 9.01. The van der Waals surface area contributed by atoms with E-state index in [0.29, 0.717) is 37.5 Å². The number of benzene rings is 2. The summed E-state index contributed by atoms with van der Waals surface area (Å²) < 4.78 is 18.0. The van der Waals surface area contributed by atoms with Gasteiger partial charge in [-0.3, -0.25) is 9.48 Å². The summed E-state index contributed by atoms with van der Waals surface area (Å²) in [5.74, 6) is 1.09. The summed E-state index contributed by atoms with van der Waals surface area (Å²) >= 11 is 0. The quantitative estimate of drug-likeness (QED) is 0.315. The van der Waals surface area contributed by atoms with Crippen LogP contribution in [0.5, 0.6) is 11.5 Å². The van der Waals surface area contributed by atoms with Gasteiger partial charge in [-0.25, -0.2) is 0 Å². The molecule has 3 rings (SSSR count). The number of aromatic nitrogens is 2. The number of esters is 1. The van der Waals surface area contributed by atoms with E-state index in [-0.39, 0.29) is 11.9 Å². The summed E-state index contributed by atoms with van der Waals surface area (Å²) in [6.07, 6.45) is 6.59. The molecule has 7 nitrogen and oxygen atoms in total. The third-order valence-corrected chi connectivity index (χ3v) is 6.48. The maximum absolute atomic E-state index is 11.7. The highest BCUT2D eigenvalue weighted by atomic mass is 16.5. The third-order valence-electron chi connectivity index (χ3n) is 6.48. The lowest BCUT2D eigenvalue weighted by molar-refractivity contribution is -0.143. The van der Waals surface area contributed by atoms with E-state index < -0.39 is 6.10 Å². The van der Waals surface area contributed by atoms with Crippen molar-refractivity contribution in [2.75, 3.05) is 20.8 Å². The maximum atomic E-state index is 11.7. The lowest BCUT2D eigenvalue weighted by Gasteiger charge is -2.25. The van der Waals surface area contributed by atoms with Crippen LogP contribution in [0.1, 0.15) is 54.5 Å². The van der Waals surface area contributed by atoms with Gasteiger partial charge in [0.05, 0.1) is 33.1 Å². The van der Waals surface area contributed by atoms with Crippen LogP contribution in [0, 0.1) is 12.8 Å². The van der Waals surface area contributed by atoms with Crippen LogP contribution < -0.4 is 9.47 Å². The molecule has 194 valence electrons. The van der Waals surface area contributed by atoms with Gasteiger partial charge >= 0.3 is 5.97 Å². The number of aliphatic hydroxyl groups excluding tert-OH is 1. The Bertz CT molecular complexity index is 1070. The predicted octanol–water partition coefficient (Wildman–Crippen LogP) is 5.08. The van der Waals surface area contributed by atoms with Gasteiger partial charge in [-0.15, -0.1) is 0 Å². The average Bonchev–Trinajstić information content (AvgIpc) is 3.35. The topological polar surface area (TPSA) is 82.8 Å². The van der Waals surface area contributed by atoms with Gasteiger partial charge < -0.3 is 19.3 Å². The van der Waals surface area contributed by atoms with Gasteiger partial charge in [-0.05, 0) is 68.4 Å². The SMILES string of the molecule is CCOC(=O)CCc1cnn(C[C@@H](CCCc2ccccc2)C(O)c2cc(OC)c(C)c(OC)c2)c1. The number of aryl methyl sites for hydroxylation is 2. The van der Waals surface area contributed by atoms with Gasteiger partial charge in [0.25, 0.3) is 0 Å². The molecule has 1 N–H and O–H groups in total. The van der Waals surface area contributed by atoms with Crippen LogP contribution in [0.25, 0.3) is 0 Å². The van der Waals surface area contributed by atoms with Crippen LogP contribution in [-0.2, 0) is 28.9 Å². The van der Waals surface area contributed by atoms with Gasteiger partial charge in [0, 0.05) is 30.6 Å². The molecule has 0 saturated heterocycles. The molecule has 0 fully saturated rings. The zero-order valence-corrected chi connectivity index (χ0v) is 21.8. The second kappa shape index (κ2) is 13.7. The van der Waals surface area contributed by atoms with E-state index in [1.54, 1.807) is 27.3 Å². The normalized spacial score (nSPS) is 12.7. The maximum Gasteiger partial charge on any atom is 0.306 e.